The fourth-order valence-electron chi connectivity index (χ4n) is 4.38. The lowest BCUT2D eigenvalue weighted by Crippen LogP contribution is -2.34. The largest absolute Gasteiger partial charge is 0.416 e. The van der Waals surface area contributed by atoms with Gasteiger partial charge in [0.25, 0.3) is 0 Å². The van der Waals surface area contributed by atoms with Crippen molar-refractivity contribution in [1.29, 1.82) is 0 Å². The number of alkyl halides is 3. The molecule has 1 aliphatic rings. The molecule has 176 valence electrons. The third kappa shape index (κ3) is 5.20. The molecule has 1 saturated heterocycles. The molecule has 1 N–H and O–H groups in total. The minimum Gasteiger partial charge on any atom is -0.323 e. The van der Waals surface area contributed by atoms with Gasteiger partial charge in [0.05, 0.1) is 5.56 Å². The molecule has 5 rings (SSSR count). The van der Waals surface area contributed by atoms with Crippen molar-refractivity contribution in [2.75, 3.05) is 18.4 Å². The number of hydrogen-bond acceptors (Lipinski definition) is 5. The van der Waals surface area contributed by atoms with Crippen molar-refractivity contribution < 1.29 is 13.2 Å². The molecule has 4 aromatic rings. The summed E-state index contributed by atoms with van der Waals surface area (Å²) in [5.74, 6) is 1.68. The topological polar surface area (TPSA) is 58.4 Å². The fraction of sp³-hybridized carbons (Fsp3) is 0.320. The van der Waals surface area contributed by atoms with Crippen LogP contribution in [0.4, 0.5) is 24.8 Å². The summed E-state index contributed by atoms with van der Waals surface area (Å²) in [7, 11) is 0. The van der Waals surface area contributed by atoms with Crippen molar-refractivity contribution >= 4 is 17.3 Å². The maximum absolute atomic E-state index is 12.8. The van der Waals surface area contributed by atoms with Crippen molar-refractivity contribution in [2.24, 2.45) is 5.92 Å². The molecule has 0 aliphatic carbocycles. The molecule has 0 radical (unpaired) electrons. The maximum atomic E-state index is 12.8. The summed E-state index contributed by atoms with van der Waals surface area (Å²) >= 11 is 0. The van der Waals surface area contributed by atoms with Crippen LogP contribution in [0.25, 0.3) is 5.65 Å². The Hall–Kier alpha value is -3.46. The van der Waals surface area contributed by atoms with E-state index >= 15 is 0 Å². The molecule has 0 atom stereocenters. The van der Waals surface area contributed by atoms with Crippen LogP contribution in [-0.4, -0.2) is 37.6 Å². The van der Waals surface area contributed by atoms with Gasteiger partial charge in [-0.1, -0.05) is 30.3 Å². The Morgan fingerprint density at radius 1 is 0.941 bits per heavy atom. The second kappa shape index (κ2) is 9.42. The number of fused-ring (bicyclic) bond motifs is 1. The van der Waals surface area contributed by atoms with Gasteiger partial charge >= 0.3 is 6.18 Å². The monoisotopic (exact) mass is 466 g/mol. The highest BCUT2D eigenvalue weighted by Gasteiger charge is 2.30. The summed E-state index contributed by atoms with van der Waals surface area (Å²) in [6.45, 7) is 3.07. The van der Waals surface area contributed by atoms with E-state index in [1.807, 2.05) is 6.07 Å². The van der Waals surface area contributed by atoms with Crippen molar-refractivity contribution in [3.8, 4) is 0 Å². The quantitative estimate of drug-likeness (QED) is 0.416. The minimum atomic E-state index is -4.36. The van der Waals surface area contributed by atoms with Crippen LogP contribution in [0.15, 0.2) is 66.9 Å². The number of anilines is 2. The van der Waals surface area contributed by atoms with Crippen molar-refractivity contribution in [1.82, 2.24) is 24.5 Å². The Labute approximate surface area is 195 Å². The van der Waals surface area contributed by atoms with Gasteiger partial charge in [-0.15, -0.1) is 5.10 Å². The summed E-state index contributed by atoms with van der Waals surface area (Å²) < 4.78 is 40.1. The first-order chi connectivity index (χ1) is 16.4. The molecule has 6 nitrogen and oxygen atoms in total. The van der Waals surface area contributed by atoms with E-state index < -0.39 is 11.7 Å². The molecule has 1 fully saturated rings. The summed E-state index contributed by atoms with van der Waals surface area (Å²) in [5.41, 5.74) is 1.79. The van der Waals surface area contributed by atoms with Gasteiger partial charge in [-0.05, 0) is 61.7 Å². The van der Waals surface area contributed by atoms with Gasteiger partial charge in [0.2, 0.25) is 5.95 Å². The summed E-state index contributed by atoms with van der Waals surface area (Å²) in [5, 5.41) is 7.50. The van der Waals surface area contributed by atoms with E-state index in [-0.39, 0.29) is 0 Å². The second-order valence-electron chi connectivity index (χ2n) is 8.68. The lowest BCUT2D eigenvalue weighted by Gasteiger charge is -2.31. The molecule has 0 spiro atoms. The van der Waals surface area contributed by atoms with E-state index in [4.69, 9.17) is 0 Å². The number of hydrogen-bond donors (Lipinski definition) is 1. The third-order valence-corrected chi connectivity index (χ3v) is 6.22. The molecular weight excluding hydrogens is 441 g/mol. The van der Waals surface area contributed by atoms with Crippen molar-refractivity contribution in [3.05, 3.63) is 83.8 Å². The van der Waals surface area contributed by atoms with Gasteiger partial charge in [-0.3, -0.25) is 4.90 Å². The SMILES string of the molecule is FC(F)(F)c1ccc(Nc2nc3ccnc(CC4CCN(Cc5ccccc5)CC4)n3n2)cc1. The maximum Gasteiger partial charge on any atom is 0.416 e. The molecule has 0 saturated carbocycles. The molecule has 3 heterocycles. The highest BCUT2D eigenvalue weighted by Crippen LogP contribution is 2.30. The number of piperidine rings is 1. The molecule has 1 aliphatic heterocycles. The molecule has 9 heteroatoms. The van der Waals surface area contributed by atoms with Gasteiger partial charge in [0, 0.05) is 30.9 Å². The summed E-state index contributed by atoms with van der Waals surface area (Å²) in [4.78, 5) is 11.5. The Morgan fingerprint density at radius 3 is 2.38 bits per heavy atom. The van der Waals surface area contributed by atoms with Crippen LogP contribution in [0, 0.1) is 5.92 Å². The van der Waals surface area contributed by atoms with E-state index in [1.54, 1.807) is 16.8 Å². The number of nitrogens with one attached hydrogen (secondary N) is 1. The van der Waals surface area contributed by atoms with Gasteiger partial charge in [0.15, 0.2) is 5.65 Å². The van der Waals surface area contributed by atoms with Gasteiger partial charge in [0.1, 0.15) is 5.82 Å². The average Bonchev–Trinajstić information content (AvgIpc) is 3.24. The van der Waals surface area contributed by atoms with E-state index in [1.165, 1.54) is 17.7 Å². The highest BCUT2D eigenvalue weighted by atomic mass is 19.4. The van der Waals surface area contributed by atoms with E-state index in [2.05, 4.69) is 49.5 Å². The van der Waals surface area contributed by atoms with Crippen molar-refractivity contribution in [3.63, 3.8) is 0 Å². The van der Waals surface area contributed by atoms with Crippen LogP contribution in [-0.2, 0) is 19.1 Å². The molecular formula is C25H25F3N6. The predicted molar refractivity (Wildman–Crippen MR) is 124 cm³/mol. The summed E-state index contributed by atoms with van der Waals surface area (Å²) in [6, 6.07) is 17.1. The zero-order chi connectivity index (χ0) is 23.5. The normalized spacial score (nSPS) is 15.6. The van der Waals surface area contributed by atoms with Gasteiger partial charge in [-0.25, -0.2) is 4.98 Å². The van der Waals surface area contributed by atoms with E-state index in [9.17, 15) is 13.2 Å². The Bertz CT molecular complexity index is 1230. The Kier molecular flexibility index (Phi) is 6.19. The number of nitrogens with zero attached hydrogens (tertiary/aromatic N) is 5. The van der Waals surface area contributed by atoms with Gasteiger partial charge < -0.3 is 5.32 Å². The van der Waals surface area contributed by atoms with Crippen molar-refractivity contribution in [2.45, 2.75) is 32.0 Å². The first-order valence-electron chi connectivity index (χ1n) is 11.4. The van der Waals surface area contributed by atoms with E-state index in [0.29, 0.717) is 23.2 Å². The lowest BCUT2D eigenvalue weighted by molar-refractivity contribution is -0.137. The average molecular weight is 467 g/mol. The summed E-state index contributed by atoms with van der Waals surface area (Å²) in [6.07, 6.45) is 0.357. The second-order valence-corrected chi connectivity index (χ2v) is 8.68. The molecule has 2 aromatic carbocycles. The first-order valence-corrected chi connectivity index (χ1v) is 11.4. The number of likely N-dealkylation sites (tertiary alicyclic amines) is 1. The first kappa shape index (κ1) is 22.3. The number of rotatable bonds is 6. The Morgan fingerprint density at radius 2 is 1.68 bits per heavy atom. The zero-order valence-electron chi connectivity index (χ0n) is 18.5. The number of benzene rings is 2. The molecule has 0 unspecified atom stereocenters. The molecule has 0 bridgehead atoms. The van der Waals surface area contributed by atoms with Crippen LogP contribution in [0.2, 0.25) is 0 Å². The van der Waals surface area contributed by atoms with Gasteiger partial charge in [-0.2, -0.15) is 22.7 Å². The predicted octanol–water partition coefficient (Wildman–Crippen LogP) is 5.34. The standard InChI is InChI=1S/C25H25F3N6/c26-25(27,28)20-6-8-21(9-7-20)30-24-31-22-10-13-29-23(34(22)32-24)16-18-11-14-33(15-12-18)17-19-4-2-1-3-5-19/h1-10,13,18H,11-12,14-17H2,(H,30,32). The third-order valence-electron chi connectivity index (χ3n) is 6.22. The molecule has 2 aromatic heterocycles. The Balaban J connectivity index is 1.23. The minimum absolute atomic E-state index is 0.326. The smallest absolute Gasteiger partial charge is 0.323 e. The molecule has 0 amide bonds. The van der Waals surface area contributed by atoms with Crippen LogP contribution in [0.3, 0.4) is 0 Å². The number of aromatic nitrogens is 4. The van der Waals surface area contributed by atoms with Crippen LogP contribution in [0.5, 0.6) is 0 Å². The zero-order valence-corrected chi connectivity index (χ0v) is 18.5. The van der Waals surface area contributed by atoms with E-state index in [0.717, 1.165) is 56.9 Å². The van der Waals surface area contributed by atoms with Crippen LogP contribution < -0.4 is 5.32 Å². The van der Waals surface area contributed by atoms with Crippen LogP contribution >= 0.6 is 0 Å². The highest BCUT2D eigenvalue weighted by molar-refractivity contribution is 5.56. The lowest BCUT2D eigenvalue weighted by atomic mass is 9.93. The molecule has 34 heavy (non-hydrogen) atoms. The number of halogens is 3. The van der Waals surface area contributed by atoms with Crippen LogP contribution in [0.1, 0.15) is 29.8 Å². The fourth-order valence-corrected chi connectivity index (χ4v) is 4.38.